The Labute approximate surface area is 55.1 Å². The van der Waals surface area contributed by atoms with Gasteiger partial charge in [0.05, 0.1) is 0 Å². The SMILES string of the molecule is C=CC(=C)C(C)=NC=N. The highest BCUT2D eigenvalue weighted by Gasteiger charge is 1.88. The third kappa shape index (κ3) is 2.59. The van der Waals surface area contributed by atoms with Gasteiger partial charge in [-0.1, -0.05) is 19.2 Å². The van der Waals surface area contributed by atoms with Gasteiger partial charge in [-0.15, -0.1) is 0 Å². The van der Waals surface area contributed by atoms with Crippen molar-refractivity contribution in [1.29, 1.82) is 5.41 Å². The van der Waals surface area contributed by atoms with Crippen LogP contribution in [-0.4, -0.2) is 12.1 Å². The molecule has 0 aromatic rings. The van der Waals surface area contributed by atoms with Gasteiger partial charge in [-0.3, -0.25) is 5.41 Å². The number of nitrogens with zero attached hydrogens (tertiary/aromatic N) is 1. The summed E-state index contributed by atoms with van der Waals surface area (Å²) in [5, 5.41) is 6.61. The van der Waals surface area contributed by atoms with E-state index < -0.39 is 0 Å². The maximum atomic E-state index is 6.61. The van der Waals surface area contributed by atoms with Crippen LogP contribution in [0.25, 0.3) is 0 Å². The molecule has 0 saturated carbocycles. The molecule has 1 N–H and O–H groups in total. The van der Waals surface area contributed by atoms with Crippen LogP contribution < -0.4 is 0 Å². The highest BCUT2D eigenvalue weighted by Crippen LogP contribution is 1.93. The third-order valence-corrected chi connectivity index (χ3v) is 0.969. The van der Waals surface area contributed by atoms with Crippen molar-refractivity contribution in [2.24, 2.45) is 4.99 Å². The molecule has 0 aromatic heterocycles. The van der Waals surface area contributed by atoms with E-state index in [1.807, 2.05) is 0 Å². The fourth-order valence-corrected chi connectivity index (χ4v) is 0.327. The molecule has 0 amide bonds. The summed E-state index contributed by atoms with van der Waals surface area (Å²) in [7, 11) is 0. The van der Waals surface area contributed by atoms with Gasteiger partial charge in [0.1, 0.15) is 6.34 Å². The molecule has 0 atom stereocenters. The first-order chi connectivity index (χ1) is 4.22. The van der Waals surface area contributed by atoms with Crippen LogP contribution in [-0.2, 0) is 0 Å². The van der Waals surface area contributed by atoms with Gasteiger partial charge in [0, 0.05) is 5.71 Å². The lowest BCUT2D eigenvalue weighted by molar-refractivity contribution is 1.50. The molecule has 0 saturated heterocycles. The van der Waals surface area contributed by atoms with E-state index in [1.54, 1.807) is 13.0 Å². The Hall–Kier alpha value is -1.18. The molecule has 0 aliphatic carbocycles. The van der Waals surface area contributed by atoms with Crippen molar-refractivity contribution in [2.45, 2.75) is 6.92 Å². The van der Waals surface area contributed by atoms with Crippen LogP contribution in [0.3, 0.4) is 0 Å². The van der Waals surface area contributed by atoms with E-state index in [0.717, 1.165) is 17.6 Å². The van der Waals surface area contributed by atoms with E-state index in [1.165, 1.54) is 0 Å². The van der Waals surface area contributed by atoms with Gasteiger partial charge < -0.3 is 0 Å². The summed E-state index contributed by atoms with van der Waals surface area (Å²) in [6.07, 6.45) is 2.60. The van der Waals surface area contributed by atoms with Crippen molar-refractivity contribution in [2.75, 3.05) is 0 Å². The molecule has 9 heavy (non-hydrogen) atoms. The van der Waals surface area contributed by atoms with Crippen molar-refractivity contribution in [3.63, 3.8) is 0 Å². The van der Waals surface area contributed by atoms with Crippen molar-refractivity contribution in [3.05, 3.63) is 24.8 Å². The average molecular weight is 122 g/mol. The number of rotatable bonds is 3. The summed E-state index contributed by atoms with van der Waals surface area (Å²) in [5.41, 5.74) is 1.50. The molecule has 0 fully saturated rings. The molecule has 0 aromatic carbocycles. The molecule has 0 radical (unpaired) electrons. The monoisotopic (exact) mass is 122 g/mol. The predicted molar refractivity (Wildman–Crippen MR) is 41.2 cm³/mol. The fraction of sp³-hybridized carbons (Fsp3) is 0.143. The first-order valence-electron chi connectivity index (χ1n) is 2.57. The van der Waals surface area contributed by atoms with Crippen molar-refractivity contribution >= 4 is 12.1 Å². The van der Waals surface area contributed by atoms with Gasteiger partial charge in [-0.25, -0.2) is 4.99 Å². The number of allylic oxidation sites excluding steroid dienone is 2. The highest BCUT2D eigenvalue weighted by atomic mass is 14.8. The normalized spacial score (nSPS) is 10.6. The van der Waals surface area contributed by atoms with Crippen molar-refractivity contribution in [1.82, 2.24) is 0 Å². The van der Waals surface area contributed by atoms with Crippen LogP contribution in [0.4, 0.5) is 0 Å². The van der Waals surface area contributed by atoms with Crippen molar-refractivity contribution in [3.8, 4) is 0 Å². The minimum atomic E-state index is 0.736. The van der Waals surface area contributed by atoms with Crippen LogP contribution in [0.1, 0.15) is 6.92 Å². The second-order valence-corrected chi connectivity index (χ2v) is 1.57. The first kappa shape index (κ1) is 7.82. The smallest absolute Gasteiger partial charge is 0.107 e. The predicted octanol–water partition coefficient (Wildman–Crippen LogP) is 1.80. The highest BCUT2D eigenvalue weighted by molar-refractivity contribution is 6.03. The van der Waals surface area contributed by atoms with Gasteiger partial charge in [-0.2, -0.15) is 0 Å². The van der Waals surface area contributed by atoms with Gasteiger partial charge >= 0.3 is 0 Å². The maximum Gasteiger partial charge on any atom is 0.107 e. The van der Waals surface area contributed by atoms with Crippen LogP contribution in [0.5, 0.6) is 0 Å². The zero-order valence-electron chi connectivity index (χ0n) is 5.52. The lowest BCUT2D eigenvalue weighted by Crippen LogP contribution is -1.91. The molecule has 0 unspecified atom stereocenters. The molecule has 0 rings (SSSR count). The molecular weight excluding hydrogens is 112 g/mol. The van der Waals surface area contributed by atoms with E-state index in [9.17, 15) is 0 Å². The number of nitrogens with one attached hydrogen (secondary N) is 1. The summed E-state index contributed by atoms with van der Waals surface area (Å²) < 4.78 is 0. The quantitative estimate of drug-likeness (QED) is 0.336. The standard InChI is InChI=1S/C7H10N2/c1-4-6(2)7(3)9-5-8/h4-5,8H,1-2H2,3H3. The Bertz CT molecular complexity index is 166. The second kappa shape index (κ2) is 3.78. The van der Waals surface area contributed by atoms with Crippen LogP contribution in [0.2, 0.25) is 0 Å². The Morgan fingerprint density at radius 1 is 1.67 bits per heavy atom. The average Bonchev–Trinajstić information content (AvgIpc) is 1.87. The number of hydrogen-bond acceptors (Lipinski definition) is 1. The molecule has 2 heteroatoms. The summed E-state index contributed by atoms with van der Waals surface area (Å²) in [6, 6.07) is 0. The fourth-order valence-electron chi connectivity index (χ4n) is 0.327. The zero-order valence-corrected chi connectivity index (χ0v) is 5.52. The molecule has 0 bridgehead atoms. The Morgan fingerprint density at radius 3 is 2.56 bits per heavy atom. The minimum Gasteiger partial charge on any atom is -0.290 e. The molecule has 0 spiro atoms. The van der Waals surface area contributed by atoms with E-state index in [2.05, 4.69) is 18.2 Å². The van der Waals surface area contributed by atoms with E-state index in [4.69, 9.17) is 5.41 Å². The topological polar surface area (TPSA) is 36.2 Å². The number of hydrogen-bond donors (Lipinski definition) is 1. The second-order valence-electron chi connectivity index (χ2n) is 1.57. The first-order valence-corrected chi connectivity index (χ1v) is 2.57. The third-order valence-electron chi connectivity index (χ3n) is 0.969. The van der Waals surface area contributed by atoms with Gasteiger partial charge in [0.25, 0.3) is 0 Å². The van der Waals surface area contributed by atoms with Crippen LogP contribution in [0, 0.1) is 5.41 Å². The summed E-state index contributed by atoms with van der Waals surface area (Å²) in [6.45, 7) is 8.93. The van der Waals surface area contributed by atoms with Gasteiger partial charge in [0.15, 0.2) is 0 Å². The van der Waals surface area contributed by atoms with E-state index in [-0.39, 0.29) is 0 Å². The Balaban J connectivity index is 4.18. The molecule has 0 aliphatic heterocycles. The number of aliphatic imine (C=N–C) groups is 1. The van der Waals surface area contributed by atoms with Crippen LogP contribution >= 0.6 is 0 Å². The molecule has 0 aliphatic rings. The summed E-state index contributed by atoms with van der Waals surface area (Å²) >= 11 is 0. The summed E-state index contributed by atoms with van der Waals surface area (Å²) in [5.74, 6) is 0. The minimum absolute atomic E-state index is 0.736. The zero-order chi connectivity index (χ0) is 7.28. The lowest BCUT2D eigenvalue weighted by atomic mass is 10.2. The van der Waals surface area contributed by atoms with Crippen molar-refractivity contribution < 1.29 is 0 Å². The van der Waals surface area contributed by atoms with E-state index in [0.29, 0.717) is 0 Å². The largest absolute Gasteiger partial charge is 0.290 e. The maximum absolute atomic E-state index is 6.61. The Kier molecular flexibility index (Phi) is 3.28. The van der Waals surface area contributed by atoms with Crippen LogP contribution in [0.15, 0.2) is 29.8 Å². The summed E-state index contributed by atoms with van der Waals surface area (Å²) in [4.78, 5) is 3.68. The van der Waals surface area contributed by atoms with E-state index >= 15 is 0 Å². The lowest BCUT2D eigenvalue weighted by Gasteiger charge is -1.92. The molecular formula is C7H10N2. The van der Waals surface area contributed by atoms with Gasteiger partial charge in [-0.05, 0) is 12.5 Å². The van der Waals surface area contributed by atoms with Gasteiger partial charge in [0.2, 0.25) is 0 Å². The molecule has 0 heterocycles. The molecule has 2 nitrogen and oxygen atoms in total. The molecule has 48 valence electrons. The Morgan fingerprint density at radius 2 is 2.22 bits per heavy atom.